The minimum Gasteiger partial charge on any atom is -0.321 e. The molecule has 3 heteroatoms. The van der Waals surface area contributed by atoms with E-state index in [-0.39, 0.29) is 0 Å². The van der Waals surface area contributed by atoms with E-state index in [1.807, 2.05) is 24.3 Å². The summed E-state index contributed by atoms with van der Waals surface area (Å²) in [6.45, 7) is 0. The van der Waals surface area contributed by atoms with Crippen molar-refractivity contribution in [3.8, 4) is 0 Å². The molecule has 0 aliphatic carbocycles. The average molecular weight is 229 g/mol. The van der Waals surface area contributed by atoms with Crippen LogP contribution >= 0.6 is 15.9 Å². The minimum absolute atomic E-state index is 0.426. The Labute approximate surface area is 81.3 Å². The van der Waals surface area contributed by atoms with Crippen LogP contribution in [0.2, 0.25) is 0 Å². The lowest BCUT2D eigenvalue weighted by molar-refractivity contribution is -0.108. The second kappa shape index (κ2) is 4.38. The molecule has 0 heterocycles. The van der Waals surface area contributed by atoms with Gasteiger partial charge in [0.05, 0.1) is 6.04 Å². The van der Waals surface area contributed by atoms with Gasteiger partial charge in [-0.25, -0.2) is 0 Å². The molecule has 2 N–H and O–H groups in total. The Bertz CT molecular complexity index is 299. The van der Waals surface area contributed by atoms with Crippen LogP contribution in [-0.2, 0) is 11.2 Å². The van der Waals surface area contributed by atoms with Gasteiger partial charge in [0, 0.05) is 4.47 Å². The van der Waals surface area contributed by atoms with Crippen molar-refractivity contribution in [2.24, 2.45) is 5.73 Å². The van der Waals surface area contributed by atoms with E-state index in [0.29, 0.717) is 6.42 Å². The summed E-state index contributed by atoms with van der Waals surface area (Å²) in [5.74, 6) is 0. The number of carbonyl (C=O) groups is 1. The van der Waals surface area contributed by atoms with Crippen LogP contribution in [0.15, 0.2) is 28.7 Å². The van der Waals surface area contributed by atoms with Gasteiger partial charge in [0.2, 0.25) is 0 Å². The number of aldehydes is 1. The molecule has 0 bridgehead atoms. The summed E-state index contributed by atoms with van der Waals surface area (Å²) < 4.78 is 7.79. The molecule has 0 radical (unpaired) electrons. The zero-order chi connectivity index (χ0) is 9.84. The molecule has 12 heavy (non-hydrogen) atoms. The first-order valence-electron chi connectivity index (χ1n) is 4.10. The van der Waals surface area contributed by atoms with Gasteiger partial charge in [0.15, 0.2) is 0 Å². The van der Waals surface area contributed by atoms with Gasteiger partial charge in [-0.1, -0.05) is 28.1 Å². The topological polar surface area (TPSA) is 43.1 Å². The maximum absolute atomic E-state index is 10.5. The number of halogens is 1. The standard InChI is InChI=1S/C9H10BrNO/c10-8-3-1-7(2-4-8)5-9(11)6-12/h1-4,6,9H,5,11H2/i6D. The summed E-state index contributed by atoms with van der Waals surface area (Å²) in [6, 6.07) is 6.83. The lowest BCUT2D eigenvalue weighted by Crippen LogP contribution is -2.23. The third-order valence-corrected chi connectivity index (χ3v) is 2.05. The van der Waals surface area contributed by atoms with Crippen molar-refractivity contribution < 1.29 is 6.17 Å². The molecule has 2 nitrogen and oxygen atoms in total. The Kier molecular flexibility index (Phi) is 2.90. The molecule has 64 valence electrons. The Morgan fingerprint density at radius 3 is 2.67 bits per heavy atom. The number of hydrogen-bond acceptors (Lipinski definition) is 2. The fourth-order valence-electron chi connectivity index (χ4n) is 0.916. The fourth-order valence-corrected chi connectivity index (χ4v) is 1.18. The van der Waals surface area contributed by atoms with Crippen molar-refractivity contribution in [2.45, 2.75) is 12.5 Å². The maximum atomic E-state index is 10.5. The number of rotatable bonds is 3. The maximum Gasteiger partial charge on any atom is 0.137 e. The molecular weight excluding hydrogens is 218 g/mol. The summed E-state index contributed by atoms with van der Waals surface area (Å²) in [5, 5.41) is 0. The molecule has 0 saturated heterocycles. The predicted molar refractivity (Wildman–Crippen MR) is 51.9 cm³/mol. The SMILES string of the molecule is [2H]C(=O)C(N)Cc1ccc(Br)cc1. The zero-order valence-electron chi connectivity index (χ0n) is 7.46. The molecule has 0 aliphatic heterocycles. The van der Waals surface area contributed by atoms with Crippen LogP contribution in [0.3, 0.4) is 0 Å². The summed E-state index contributed by atoms with van der Waals surface area (Å²) >= 11 is 3.31. The van der Waals surface area contributed by atoms with Gasteiger partial charge in [-0.05, 0) is 24.1 Å². The third-order valence-electron chi connectivity index (χ3n) is 1.52. The molecule has 0 spiro atoms. The highest BCUT2D eigenvalue weighted by molar-refractivity contribution is 9.10. The molecule has 0 fully saturated rings. The molecule has 1 aromatic carbocycles. The van der Waals surface area contributed by atoms with E-state index in [1.54, 1.807) is 0 Å². The normalized spacial score (nSPS) is 13.7. The second-order valence-corrected chi connectivity index (χ2v) is 3.47. The molecule has 0 saturated carbocycles. The van der Waals surface area contributed by atoms with Crippen LogP contribution < -0.4 is 5.73 Å². The van der Waals surface area contributed by atoms with Gasteiger partial charge >= 0.3 is 0 Å². The quantitative estimate of drug-likeness (QED) is 0.798. The molecule has 1 aromatic rings. The Morgan fingerprint density at radius 2 is 2.17 bits per heavy atom. The molecule has 0 amide bonds. The second-order valence-electron chi connectivity index (χ2n) is 2.55. The monoisotopic (exact) mass is 228 g/mol. The van der Waals surface area contributed by atoms with Crippen LogP contribution in [0.4, 0.5) is 0 Å². The van der Waals surface area contributed by atoms with Gasteiger partial charge in [-0.2, -0.15) is 0 Å². The van der Waals surface area contributed by atoms with Crippen LogP contribution in [-0.4, -0.2) is 12.3 Å². The first-order valence-corrected chi connectivity index (χ1v) is 4.39. The number of carbonyl (C=O) groups excluding carboxylic acids is 1. The van der Waals surface area contributed by atoms with Crippen molar-refractivity contribution in [3.05, 3.63) is 34.3 Å². The van der Waals surface area contributed by atoms with Gasteiger partial charge < -0.3 is 10.5 Å². The lowest BCUT2D eigenvalue weighted by atomic mass is 10.1. The van der Waals surface area contributed by atoms with Crippen molar-refractivity contribution in [2.75, 3.05) is 0 Å². The van der Waals surface area contributed by atoms with Gasteiger partial charge in [0.25, 0.3) is 0 Å². The highest BCUT2D eigenvalue weighted by Gasteiger charge is 2.00. The Morgan fingerprint density at radius 1 is 1.58 bits per heavy atom. The molecule has 1 unspecified atom stereocenters. The fraction of sp³-hybridized carbons (Fsp3) is 0.222. The van der Waals surface area contributed by atoms with E-state index < -0.39 is 12.3 Å². The first kappa shape index (κ1) is 7.95. The molecule has 0 aromatic heterocycles. The number of nitrogens with two attached hydrogens (primary N) is 1. The van der Waals surface area contributed by atoms with Crippen LogP contribution in [0, 0.1) is 0 Å². The first-order chi connectivity index (χ1) is 6.09. The van der Waals surface area contributed by atoms with E-state index in [2.05, 4.69) is 15.9 Å². The third kappa shape index (κ3) is 2.75. The lowest BCUT2D eigenvalue weighted by Gasteiger charge is -2.03. The highest BCUT2D eigenvalue weighted by Crippen LogP contribution is 2.11. The molecule has 1 rings (SSSR count). The van der Waals surface area contributed by atoms with Crippen LogP contribution in [0.1, 0.15) is 6.93 Å². The van der Waals surface area contributed by atoms with Crippen LogP contribution in [0.25, 0.3) is 0 Å². The largest absolute Gasteiger partial charge is 0.321 e. The van der Waals surface area contributed by atoms with Crippen LogP contribution in [0.5, 0.6) is 0 Å². The van der Waals surface area contributed by atoms with Gasteiger partial charge in [0.1, 0.15) is 7.63 Å². The Balaban J connectivity index is 2.64. The van der Waals surface area contributed by atoms with E-state index in [1.165, 1.54) is 0 Å². The van der Waals surface area contributed by atoms with Gasteiger partial charge in [-0.15, -0.1) is 0 Å². The van der Waals surface area contributed by atoms with E-state index >= 15 is 0 Å². The summed E-state index contributed by atoms with van der Waals surface area (Å²) in [4.78, 5) is 10.5. The molecular formula is C9H10BrNO. The van der Waals surface area contributed by atoms with E-state index in [0.717, 1.165) is 10.0 Å². The van der Waals surface area contributed by atoms with Crippen molar-refractivity contribution in [1.82, 2.24) is 0 Å². The number of benzene rings is 1. The summed E-state index contributed by atoms with van der Waals surface area (Å²) in [5.41, 5.74) is 6.41. The minimum atomic E-state index is -0.720. The zero-order valence-corrected chi connectivity index (χ0v) is 8.04. The smallest absolute Gasteiger partial charge is 0.137 e. The summed E-state index contributed by atoms with van der Waals surface area (Å²) in [6.07, 6.45) is -0.293. The average Bonchev–Trinajstić information content (AvgIpc) is 2.08. The van der Waals surface area contributed by atoms with Crippen molar-refractivity contribution in [1.29, 1.82) is 0 Å². The molecule has 0 aliphatic rings. The number of hydrogen-bond donors (Lipinski definition) is 1. The van der Waals surface area contributed by atoms with E-state index in [4.69, 9.17) is 7.10 Å². The Hall–Kier alpha value is -0.670. The van der Waals surface area contributed by atoms with Crippen molar-refractivity contribution in [3.63, 3.8) is 0 Å². The van der Waals surface area contributed by atoms with Gasteiger partial charge in [-0.3, -0.25) is 0 Å². The summed E-state index contributed by atoms with van der Waals surface area (Å²) in [7, 11) is 0. The highest BCUT2D eigenvalue weighted by atomic mass is 79.9. The predicted octanol–water partition coefficient (Wildman–Crippen LogP) is 1.52. The molecule has 1 atom stereocenters. The van der Waals surface area contributed by atoms with Crippen molar-refractivity contribution >= 4 is 22.2 Å². The van der Waals surface area contributed by atoms with E-state index in [9.17, 15) is 4.79 Å².